The van der Waals surface area contributed by atoms with Crippen molar-refractivity contribution in [3.63, 3.8) is 0 Å². The van der Waals surface area contributed by atoms with Gasteiger partial charge in [-0.3, -0.25) is 4.79 Å². The van der Waals surface area contributed by atoms with Gasteiger partial charge in [-0.1, -0.05) is 0 Å². The average Bonchev–Trinajstić information content (AvgIpc) is 2.96. The number of hydrogen-bond acceptors (Lipinski definition) is 3. The maximum Gasteiger partial charge on any atom is 0.269 e. The Morgan fingerprint density at radius 1 is 1.36 bits per heavy atom. The van der Waals surface area contributed by atoms with E-state index in [4.69, 9.17) is 10.00 Å². The molecule has 0 fully saturated rings. The summed E-state index contributed by atoms with van der Waals surface area (Å²) in [6.45, 7) is 0.997. The van der Waals surface area contributed by atoms with Crippen LogP contribution in [0, 0.1) is 17.1 Å². The first-order valence-corrected chi connectivity index (χ1v) is 6.82. The Morgan fingerprint density at radius 3 is 2.73 bits per heavy atom. The van der Waals surface area contributed by atoms with E-state index in [1.165, 1.54) is 12.1 Å². The Morgan fingerprint density at radius 2 is 2.09 bits per heavy atom. The molecule has 0 aliphatic rings. The molecule has 1 N–H and O–H groups in total. The number of rotatable bonds is 6. The van der Waals surface area contributed by atoms with Crippen LogP contribution in [0.1, 0.15) is 22.5 Å². The van der Waals surface area contributed by atoms with E-state index in [9.17, 15) is 9.18 Å². The first-order chi connectivity index (χ1) is 10.7. The van der Waals surface area contributed by atoms with Crippen LogP contribution in [0.2, 0.25) is 0 Å². The molecule has 2 rings (SSSR count). The predicted molar refractivity (Wildman–Crippen MR) is 79.3 cm³/mol. The van der Waals surface area contributed by atoms with E-state index in [2.05, 4.69) is 5.32 Å². The minimum absolute atomic E-state index is 0.242. The van der Waals surface area contributed by atoms with Gasteiger partial charge in [0.15, 0.2) is 0 Å². The molecule has 0 aliphatic carbocycles. The summed E-state index contributed by atoms with van der Waals surface area (Å²) in [4.78, 5) is 12.3. The second kappa shape index (κ2) is 7.38. The number of carbonyl (C=O) groups excluding carboxylic acids is 1. The van der Waals surface area contributed by atoms with Crippen molar-refractivity contribution in [2.75, 3.05) is 20.3 Å². The molecule has 6 heteroatoms. The molecular formula is C16H16FN3O2. The average molecular weight is 301 g/mol. The highest BCUT2D eigenvalue weighted by molar-refractivity contribution is 5.95. The van der Waals surface area contributed by atoms with Gasteiger partial charge in [-0.2, -0.15) is 5.26 Å². The molecule has 0 atom stereocenters. The normalized spacial score (nSPS) is 10.2. The van der Waals surface area contributed by atoms with E-state index < -0.39 is 0 Å². The highest BCUT2D eigenvalue weighted by atomic mass is 19.1. The lowest BCUT2D eigenvalue weighted by Gasteiger charge is -2.10. The van der Waals surface area contributed by atoms with Gasteiger partial charge in [-0.05, 0) is 36.8 Å². The number of nitrogens with zero attached hydrogens (tertiary/aromatic N) is 2. The van der Waals surface area contributed by atoms with Crippen LogP contribution in [-0.2, 0) is 4.74 Å². The maximum absolute atomic E-state index is 13.0. The molecule has 22 heavy (non-hydrogen) atoms. The van der Waals surface area contributed by atoms with Crippen molar-refractivity contribution in [3.05, 3.63) is 53.6 Å². The molecule has 0 bridgehead atoms. The minimum atomic E-state index is -0.359. The Hall–Kier alpha value is -2.65. The molecule has 1 amide bonds. The number of hydrogen-bond donors (Lipinski definition) is 1. The third-order valence-corrected chi connectivity index (χ3v) is 3.14. The summed E-state index contributed by atoms with van der Waals surface area (Å²) in [6.07, 6.45) is 2.30. The number of methoxy groups -OCH3 is 1. The lowest BCUT2D eigenvalue weighted by molar-refractivity contribution is 0.0941. The smallest absolute Gasteiger partial charge is 0.269 e. The van der Waals surface area contributed by atoms with E-state index in [1.54, 1.807) is 36.1 Å². The second-order valence-corrected chi connectivity index (χ2v) is 4.64. The molecule has 1 heterocycles. The summed E-state index contributed by atoms with van der Waals surface area (Å²) >= 11 is 0. The SMILES string of the molecule is COCCCNC(=O)c1c(C#N)ccn1-c1ccc(F)cc1. The minimum Gasteiger partial charge on any atom is -0.385 e. The first kappa shape index (κ1) is 15.7. The van der Waals surface area contributed by atoms with Gasteiger partial charge in [0, 0.05) is 32.1 Å². The number of nitrogens with one attached hydrogen (secondary N) is 1. The first-order valence-electron chi connectivity index (χ1n) is 6.82. The lowest BCUT2D eigenvalue weighted by Crippen LogP contribution is -2.27. The topological polar surface area (TPSA) is 67.0 Å². The van der Waals surface area contributed by atoms with E-state index >= 15 is 0 Å². The predicted octanol–water partition coefficient (Wildman–Crippen LogP) is 2.25. The fourth-order valence-electron chi connectivity index (χ4n) is 2.07. The molecule has 0 spiro atoms. The zero-order valence-electron chi connectivity index (χ0n) is 12.2. The summed E-state index contributed by atoms with van der Waals surface area (Å²) in [5, 5.41) is 11.9. The van der Waals surface area contributed by atoms with Gasteiger partial charge in [0.1, 0.15) is 17.6 Å². The Balaban J connectivity index is 2.26. The number of aromatic nitrogens is 1. The summed E-state index contributed by atoms with van der Waals surface area (Å²) < 4.78 is 19.5. The fourth-order valence-corrected chi connectivity index (χ4v) is 2.07. The Labute approximate surface area is 127 Å². The van der Waals surface area contributed by atoms with E-state index in [0.29, 0.717) is 25.3 Å². The summed E-state index contributed by atoms with van der Waals surface area (Å²) in [6, 6.07) is 9.28. The lowest BCUT2D eigenvalue weighted by atomic mass is 10.2. The zero-order chi connectivity index (χ0) is 15.9. The highest BCUT2D eigenvalue weighted by Crippen LogP contribution is 2.17. The van der Waals surface area contributed by atoms with Crippen LogP contribution in [0.5, 0.6) is 0 Å². The second-order valence-electron chi connectivity index (χ2n) is 4.64. The molecule has 0 radical (unpaired) electrons. The fraction of sp³-hybridized carbons (Fsp3) is 0.250. The molecule has 0 saturated carbocycles. The van der Waals surface area contributed by atoms with Crippen molar-refractivity contribution in [2.24, 2.45) is 0 Å². The monoisotopic (exact) mass is 301 g/mol. The zero-order valence-corrected chi connectivity index (χ0v) is 12.2. The van der Waals surface area contributed by atoms with Gasteiger partial charge in [-0.15, -0.1) is 0 Å². The van der Waals surface area contributed by atoms with Crippen molar-refractivity contribution < 1.29 is 13.9 Å². The highest BCUT2D eigenvalue weighted by Gasteiger charge is 2.17. The number of halogens is 1. The van der Waals surface area contributed by atoms with Gasteiger partial charge >= 0.3 is 0 Å². The van der Waals surface area contributed by atoms with Crippen molar-refractivity contribution >= 4 is 5.91 Å². The Bertz CT molecular complexity index is 686. The van der Waals surface area contributed by atoms with Crippen LogP contribution in [0.15, 0.2) is 36.5 Å². The number of benzene rings is 1. The molecule has 5 nitrogen and oxygen atoms in total. The van der Waals surface area contributed by atoms with Crippen LogP contribution >= 0.6 is 0 Å². The number of ether oxygens (including phenoxy) is 1. The third-order valence-electron chi connectivity index (χ3n) is 3.14. The maximum atomic E-state index is 13.0. The molecule has 0 aliphatic heterocycles. The van der Waals surface area contributed by atoms with Gasteiger partial charge < -0.3 is 14.6 Å². The van der Waals surface area contributed by atoms with E-state index in [-0.39, 0.29) is 23.0 Å². The van der Waals surface area contributed by atoms with Gasteiger partial charge in [-0.25, -0.2) is 4.39 Å². The van der Waals surface area contributed by atoms with Crippen molar-refractivity contribution in [1.29, 1.82) is 5.26 Å². The van der Waals surface area contributed by atoms with Crippen LogP contribution in [0.25, 0.3) is 5.69 Å². The molecule has 0 unspecified atom stereocenters. The van der Waals surface area contributed by atoms with Crippen molar-refractivity contribution in [2.45, 2.75) is 6.42 Å². The van der Waals surface area contributed by atoms with Gasteiger partial charge in [0.05, 0.1) is 5.56 Å². The van der Waals surface area contributed by atoms with Crippen molar-refractivity contribution in [1.82, 2.24) is 9.88 Å². The summed E-state index contributed by atoms with van der Waals surface area (Å²) in [5.41, 5.74) is 1.13. The number of carbonyl (C=O) groups is 1. The largest absolute Gasteiger partial charge is 0.385 e. The summed E-state index contributed by atoms with van der Waals surface area (Å²) in [5.74, 6) is -0.705. The molecular weight excluding hydrogens is 285 g/mol. The molecule has 0 saturated heterocycles. The Kier molecular flexibility index (Phi) is 5.28. The molecule has 1 aromatic carbocycles. The van der Waals surface area contributed by atoms with Gasteiger partial charge in [0.2, 0.25) is 0 Å². The third kappa shape index (κ3) is 3.51. The van der Waals surface area contributed by atoms with Crippen LogP contribution in [0.4, 0.5) is 4.39 Å². The van der Waals surface area contributed by atoms with Crippen LogP contribution < -0.4 is 5.32 Å². The number of amides is 1. The standard InChI is InChI=1S/C16H16FN3O2/c1-22-10-2-8-19-16(21)15-12(11-18)7-9-20(15)14-5-3-13(17)4-6-14/h3-7,9H,2,8,10H2,1H3,(H,19,21). The van der Waals surface area contributed by atoms with E-state index in [0.717, 1.165) is 0 Å². The van der Waals surface area contributed by atoms with E-state index in [1.807, 2.05) is 6.07 Å². The molecule has 2 aromatic rings. The van der Waals surface area contributed by atoms with Crippen molar-refractivity contribution in [3.8, 4) is 11.8 Å². The quantitative estimate of drug-likeness (QED) is 0.832. The van der Waals surface area contributed by atoms with Crippen LogP contribution in [-0.4, -0.2) is 30.7 Å². The van der Waals surface area contributed by atoms with Crippen LogP contribution in [0.3, 0.4) is 0 Å². The molecule has 1 aromatic heterocycles. The number of nitriles is 1. The van der Waals surface area contributed by atoms with Gasteiger partial charge in [0.25, 0.3) is 5.91 Å². The summed E-state index contributed by atoms with van der Waals surface area (Å²) in [7, 11) is 1.59. The molecule has 114 valence electrons.